The lowest BCUT2D eigenvalue weighted by molar-refractivity contribution is -0.116. The van der Waals surface area contributed by atoms with Gasteiger partial charge in [0.25, 0.3) is 0 Å². The fourth-order valence-electron chi connectivity index (χ4n) is 1.24. The Morgan fingerprint density at radius 3 is 2.25 bits per heavy atom. The van der Waals surface area contributed by atoms with E-state index in [-0.39, 0.29) is 16.9 Å². The highest BCUT2D eigenvalue weighted by Crippen LogP contribution is 2.33. The fourth-order valence-corrected chi connectivity index (χ4v) is 1.24. The summed E-state index contributed by atoms with van der Waals surface area (Å²) in [4.78, 5) is 11.0. The Hall–Kier alpha value is -0.830. The van der Waals surface area contributed by atoms with Crippen LogP contribution in [0.3, 0.4) is 0 Å². The molecule has 0 radical (unpaired) electrons. The standard InChI is InChI=1S/C13H26N2O/c1-7-12(2,3)13(4,5)15-10-8-9-11(16)14-6/h8-9,15H,7,10H2,1-6H3,(H,14,16)/b9-8+. The van der Waals surface area contributed by atoms with E-state index in [1.165, 1.54) is 0 Å². The minimum Gasteiger partial charge on any atom is -0.356 e. The molecule has 0 aromatic carbocycles. The molecule has 0 unspecified atom stereocenters. The molecule has 0 aromatic heterocycles. The number of carbonyl (C=O) groups excluding carboxylic acids is 1. The Balaban J connectivity index is 4.20. The highest BCUT2D eigenvalue weighted by atomic mass is 16.1. The van der Waals surface area contributed by atoms with Gasteiger partial charge in [0.1, 0.15) is 0 Å². The quantitative estimate of drug-likeness (QED) is 0.681. The number of likely N-dealkylation sites (N-methyl/N-ethyl adjacent to an activating group) is 1. The van der Waals surface area contributed by atoms with Gasteiger partial charge < -0.3 is 10.6 Å². The lowest BCUT2D eigenvalue weighted by Crippen LogP contribution is -2.51. The van der Waals surface area contributed by atoms with Crippen LogP contribution in [0.4, 0.5) is 0 Å². The van der Waals surface area contributed by atoms with Gasteiger partial charge in [0.05, 0.1) is 0 Å². The van der Waals surface area contributed by atoms with Crippen molar-refractivity contribution in [2.24, 2.45) is 5.41 Å². The maximum Gasteiger partial charge on any atom is 0.243 e. The summed E-state index contributed by atoms with van der Waals surface area (Å²) in [5.41, 5.74) is 0.280. The molecule has 0 saturated carbocycles. The average molecular weight is 226 g/mol. The molecule has 0 fully saturated rings. The highest BCUT2D eigenvalue weighted by molar-refractivity contribution is 5.87. The van der Waals surface area contributed by atoms with Crippen molar-refractivity contribution in [1.82, 2.24) is 10.6 Å². The maximum absolute atomic E-state index is 11.0. The van der Waals surface area contributed by atoms with E-state index in [1.54, 1.807) is 13.1 Å². The molecule has 0 aliphatic rings. The Bertz CT molecular complexity index is 255. The molecule has 3 nitrogen and oxygen atoms in total. The summed E-state index contributed by atoms with van der Waals surface area (Å²) in [6.45, 7) is 11.8. The zero-order chi connectivity index (χ0) is 12.8. The molecule has 0 aliphatic heterocycles. The lowest BCUT2D eigenvalue weighted by atomic mass is 9.72. The Labute approximate surface area is 99.7 Å². The molecule has 94 valence electrons. The topological polar surface area (TPSA) is 41.1 Å². The van der Waals surface area contributed by atoms with E-state index in [2.05, 4.69) is 45.3 Å². The van der Waals surface area contributed by atoms with Gasteiger partial charge in [-0.15, -0.1) is 0 Å². The zero-order valence-electron chi connectivity index (χ0n) is 11.5. The molecule has 3 heteroatoms. The Morgan fingerprint density at radius 1 is 1.25 bits per heavy atom. The first-order valence-corrected chi connectivity index (χ1v) is 5.90. The fraction of sp³-hybridized carbons (Fsp3) is 0.769. The second kappa shape index (κ2) is 6.04. The van der Waals surface area contributed by atoms with Crippen LogP contribution < -0.4 is 10.6 Å². The van der Waals surface area contributed by atoms with E-state index in [0.29, 0.717) is 6.54 Å². The van der Waals surface area contributed by atoms with E-state index in [0.717, 1.165) is 6.42 Å². The van der Waals surface area contributed by atoms with Crippen LogP contribution >= 0.6 is 0 Å². The normalized spacial score (nSPS) is 13.1. The molecular weight excluding hydrogens is 200 g/mol. The Kier molecular flexibility index (Phi) is 5.73. The molecule has 0 rings (SSSR count). The van der Waals surface area contributed by atoms with Gasteiger partial charge in [-0.3, -0.25) is 4.79 Å². The third-order valence-corrected chi connectivity index (χ3v) is 3.75. The number of nitrogens with one attached hydrogen (secondary N) is 2. The third kappa shape index (κ3) is 4.35. The summed E-state index contributed by atoms with van der Waals surface area (Å²) in [5.74, 6) is -0.0608. The van der Waals surface area contributed by atoms with Gasteiger partial charge >= 0.3 is 0 Å². The third-order valence-electron chi connectivity index (χ3n) is 3.75. The summed E-state index contributed by atoms with van der Waals surface area (Å²) in [6.07, 6.45) is 4.53. The smallest absolute Gasteiger partial charge is 0.243 e. The van der Waals surface area contributed by atoms with Crippen molar-refractivity contribution in [2.75, 3.05) is 13.6 Å². The molecule has 0 spiro atoms. The largest absolute Gasteiger partial charge is 0.356 e. The van der Waals surface area contributed by atoms with Crippen LogP contribution in [0.15, 0.2) is 12.2 Å². The van der Waals surface area contributed by atoms with Gasteiger partial charge in [0, 0.05) is 25.2 Å². The lowest BCUT2D eigenvalue weighted by Gasteiger charge is -2.42. The summed E-state index contributed by atoms with van der Waals surface area (Å²) >= 11 is 0. The average Bonchev–Trinajstić information content (AvgIpc) is 2.23. The van der Waals surface area contributed by atoms with Crippen molar-refractivity contribution >= 4 is 5.91 Å². The molecule has 16 heavy (non-hydrogen) atoms. The predicted molar refractivity (Wildman–Crippen MR) is 69.4 cm³/mol. The van der Waals surface area contributed by atoms with Gasteiger partial charge in [-0.25, -0.2) is 0 Å². The van der Waals surface area contributed by atoms with E-state index in [1.807, 2.05) is 6.08 Å². The van der Waals surface area contributed by atoms with E-state index < -0.39 is 0 Å². The van der Waals surface area contributed by atoms with E-state index >= 15 is 0 Å². The zero-order valence-corrected chi connectivity index (χ0v) is 11.5. The summed E-state index contributed by atoms with van der Waals surface area (Å²) in [7, 11) is 1.63. The predicted octanol–water partition coefficient (Wildman–Crippen LogP) is 2.09. The number of amides is 1. The van der Waals surface area contributed by atoms with Crippen molar-refractivity contribution in [1.29, 1.82) is 0 Å². The maximum atomic E-state index is 11.0. The van der Waals surface area contributed by atoms with Gasteiger partial charge in [0.15, 0.2) is 0 Å². The van der Waals surface area contributed by atoms with Gasteiger partial charge in [-0.1, -0.05) is 26.8 Å². The van der Waals surface area contributed by atoms with Gasteiger partial charge in [-0.2, -0.15) is 0 Å². The highest BCUT2D eigenvalue weighted by Gasteiger charge is 2.34. The SMILES string of the molecule is CCC(C)(C)C(C)(C)NC/C=C/C(=O)NC. The molecule has 0 aromatic rings. The number of rotatable bonds is 6. The number of carbonyl (C=O) groups is 1. The minimum atomic E-state index is -0.0608. The first kappa shape index (κ1) is 15.2. The molecule has 0 atom stereocenters. The summed E-state index contributed by atoms with van der Waals surface area (Å²) < 4.78 is 0. The van der Waals surface area contributed by atoms with Crippen LogP contribution in [0.1, 0.15) is 41.0 Å². The van der Waals surface area contributed by atoms with Crippen molar-refractivity contribution in [3.63, 3.8) is 0 Å². The van der Waals surface area contributed by atoms with Crippen LogP contribution in [0.25, 0.3) is 0 Å². The van der Waals surface area contributed by atoms with Crippen LogP contribution in [0.2, 0.25) is 0 Å². The Morgan fingerprint density at radius 2 is 1.81 bits per heavy atom. The molecule has 0 aliphatic carbocycles. The molecule has 0 saturated heterocycles. The van der Waals surface area contributed by atoms with Crippen molar-refractivity contribution in [3.05, 3.63) is 12.2 Å². The number of hydrogen-bond donors (Lipinski definition) is 2. The van der Waals surface area contributed by atoms with Crippen molar-refractivity contribution < 1.29 is 4.79 Å². The first-order chi connectivity index (χ1) is 7.27. The molecular formula is C13H26N2O. The monoisotopic (exact) mass is 226 g/mol. The van der Waals surface area contributed by atoms with Crippen LogP contribution in [-0.4, -0.2) is 25.0 Å². The van der Waals surface area contributed by atoms with Crippen LogP contribution in [-0.2, 0) is 4.79 Å². The molecule has 0 bridgehead atoms. The van der Waals surface area contributed by atoms with E-state index in [4.69, 9.17) is 0 Å². The summed E-state index contributed by atoms with van der Waals surface area (Å²) in [5, 5.41) is 6.01. The second-order valence-electron chi connectivity index (χ2n) is 5.26. The summed E-state index contributed by atoms with van der Waals surface area (Å²) in [6, 6.07) is 0. The van der Waals surface area contributed by atoms with Crippen molar-refractivity contribution in [2.45, 2.75) is 46.6 Å². The van der Waals surface area contributed by atoms with Crippen LogP contribution in [0.5, 0.6) is 0 Å². The minimum absolute atomic E-state index is 0.0504. The molecule has 2 N–H and O–H groups in total. The van der Waals surface area contributed by atoms with Crippen molar-refractivity contribution in [3.8, 4) is 0 Å². The molecule has 1 amide bonds. The van der Waals surface area contributed by atoms with Gasteiger partial charge in [-0.05, 0) is 25.7 Å². The van der Waals surface area contributed by atoms with E-state index in [9.17, 15) is 4.79 Å². The first-order valence-electron chi connectivity index (χ1n) is 5.90. The van der Waals surface area contributed by atoms with Gasteiger partial charge in [0.2, 0.25) is 5.91 Å². The second-order valence-corrected chi connectivity index (χ2v) is 5.26. The number of hydrogen-bond acceptors (Lipinski definition) is 2. The van der Waals surface area contributed by atoms with Crippen LogP contribution in [0, 0.1) is 5.41 Å². The molecule has 0 heterocycles.